The minimum absolute atomic E-state index is 0.403. The number of hydrogen-bond acceptors (Lipinski definition) is 1. The summed E-state index contributed by atoms with van der Waals surface area (Å²) in [6, 6.07) is 25.0. The lowest BCUT2D eigenvalue weighted by Gasteiger charge is -2.34. The summed E-state index contributed by atoms with van der Waals surface area (Å²) >= 11 is 1.94. The van der Waals surface area contributed by atoms with Crippen molar-refractivity contribution >= 4 is 50.2 Å². The highest BCUT2D eigenvalue weighted by Gasteiger charge is 2.31. The summed E-state index contributed by atoms with van der Waals surface area (Å²) in [4.78, 5) is 2.74. The van der Waals surface area contributed by atoms with Crippen molar-refractivity contribution in [2.45, 2.75) is 22.1 Å². The Labute approximate surface area is 197 Å². The molecule has 1 heteroatoms. The first-order chi connectivity index (χ1) is 16.3. The molecule has 0 N–H and O–H groups in total. The van der Waals surface area contributed by atoms with Crippen LogP contribution in [0.25, 0.3) is 38.4 Å². The van der Waals surface area contributed by atoms with Crippen LogP contribution in [0.5, 0.6) is 0 Å². The van der Waals surface area contributed by atoms with Gasteiger partial charge in [-0.1, -0.05) is 103 Å². The summed E-state index contributed by atoms with van der Waals surface area (Å²) in [5.41, 5.74) is 7.28. The first-order valence-electron chi connectivity index (χ1n) is 11.6. The van der Waals surface area contributed by atoms with Gasteiger partial charge in [-0.15, -0.1) is 0 Å². The van der Waals surface area contributed by atoms with Crippen LogP contribution in [0.2, 0.25) is 0 Å². The third kappa shape index (κ3) is 2.43. The number of rotatable bonds is 2. The fraction of sp³-hybridized carbons (Fsp3) is 0.0625. The second-order valence-corrected chi connectivity index (χ2v) is 10.4. The third-order valence-electron chi connectivity index (χ3n) is 7.59. The smallest absolute Gasteiger partial charge is 0.0346 e. The molecular formula is C32H20S. The van der Waals surface area contributed by atoms with Crippen LogP contribution in [0.1, 0.15) is 22.6 Å². The van der Waals surface area contributed by atoms with E-state index in [1.54, 1.807) is 0 Å². The average molecular weight is 437 g/mol. The molecule has 1 atom stereocenters. The Hall–Kier alpha value is -3.55. The SMILES string of the molecule is C1=CC2=CCc3c(Sc4ccc5ccc6cccc7ccc4c5c67)ccc4c3C2C(=C1)C=C4. The molecule has 0 aromatic heterocycles. The third-order valence-corrected chi connectivity index (χ3v) is 8.76. The van der Waals surface area contributed by atoms with Gasteiger partial charge in [0.25, 0.3) is 0 Å². The standard InChI is InChI=1S/C32H20S/c1-3-19-7-9-23-13-17-27(25-15-11-21(5-1)29(19)31(23)25)33-28-18-14-24-10-8-20-4-2-6-22-12-16-26(28)32(24)30(20)22/h1-15,17-18,30H,16H2. The van der Waals surface area contributed by atoms with E-state index in [2.05, 4.69) is 103 Å². The lowest BCUT2D eigenvalue weighted by atomic mass is 9.71. The summed E-state index contributed by atoms with van der Waals surface area (Å²) < 4.78 is 0. The zero-order valence-electron chi connectivity index (χ0n) is 18.0. The molecule has 0 aliphatic heterocycles. The zero-order chi connectivity index (χ0) is 21.5. The van der Waals surface area contributed by atoms with Crippen LogP contribution in [0.4, 0.5) is 0 Å². The summed E-state index contributed by atoms with van der Waals surface area (Å²) in [5, 5.41) is 8.13. The van der Waals surface area contributed by atoms with Crippen LogP contribution in [0.3, 0.4) is 0 Å². The number of benzene rings is 5. The summed E-state index contributed by atoms with van der Waals surface area (Å²) in [6.07, 6.45) is 14.8. The maximum atomic E-state index is 2.44. The average Bonchev–Trinajstić information content (AvgIpc) is 2.87. The van der Waals surface area contributed by atoms with Gasteiger partial charge in [-0.3, -0.25) is 0 Å². The zero-order valence-corrected chi connectivity index (χ0v) is 18.8. The Morgan fingerprint density at radius 1 is 0.667 bits per heavy atom. The molecule has 33 heavy (non-hydrogen) atoms. The van der Waals surface area contributed by atoms with Gasteiger partial charge >= 0.3 is 0 Å². The van der Waals surface area contributed by atoms with Crippen molar-refractivity contribution in [3.8, 4) is 0 Å². The van der Waals surface area contributed by atoms with E-state index in [0.29, 0.717) is 5.92 Å². The van der Waals surface area contributed by atoms with Crippen molar-refractivity contribution in [2.75, 3.05) is 0 Å². The quantitative estimate of drug-likeness (QED) is 0.249. The highest BCUT2D eigenvalue weighted by Crippen LogP contribution is 2.49. The van der Waals surface area contributed by atoms with Gasteiger partial charge in [-0.05, 0) is 78.7 Å². The van der Waals surface area contributed by atoms with Gasteiger partial charge in [0.2, 0.25) is 0 Å². The molecule has 0 bridgehead atoms. The van der Waals surface area contributed by atoms with Crippen LogP contribution >= 0.6 is 11.8 Å². The highest BCUT2D eigenvalue weighted by atomic mass is 32.2. The minimum Gasteiger partial charge on any atom is -0.0891 e. The monoisotopic (exact) mass is 436 g/mol. The Kier molecular flexibility index (Phi) is 3.53. The van der Waals surface area contributed by atoms with Crippen LogP contribution in [0, 0.1) is 0 Å². The summed E-state index contributed by atoms with van der Waals surface area (Å²) in [5.74, 6) is 0.403. The second-order valence-electron chi connectivity index (χ2n) is 9.27. The topological polar surface area (TPSA) is 0 Å². The van der Waals surface area contributed by atoms with Crippen LogP contribution in [-0.2, 0) is 6.42 Å². The highest BCUT2D eigenvalue weighted by molar-refractivity contribution is 7.99. The van der Waals surface area contributed by atoms with Crippen LogP contribution in [-0.4, -0.2) is 0 Å². The lowest BCUT2D eigenvalue weighted by molar-refractivity contribution is 0.876. The molecule has 0 saturated heterocycles. The van der Waals surface area contributed by atoms with Gasteiger partial charge < -0.3 is 0 Å². The van der Waals surface area contributed by atoms with E-state index in [0.717, 1.165) is 6.42 Å². The van der Waals surface area contributed by atoms with E-state index >= 15 is 0 Å². The van der Waals surface area contributed by atoms with E-state index in [1.807, 2.05) is 11.8 Å². The Balaban J connectivity index is 1.33. The maximum Gasteiger partial charge on any atom is 0.0346 e. The van der Waals surface area contributed by atoms with Gasteiger partial charge in [-0.2, -0.15) is 0 Å². The normalized spacial score (nSPS) is 18.1. The predicted octanol–water partition coefficient (Wildman–Crippen LogP) is 8.82. The molecule has 0 radical (unpaired) electrons. The molecule has 154 valence electrons. The van der Waals surface area contributed by atoms with Crippen LogP contribution in [0.15, 0.2) is 118 Å². The largest absolute Gasteiger partial charge is 0.0891 e. The summed E-state index contributed by atoms with van der Waals surface area (Å²) in [7, 11) is 0. The molecular weight excluding hydrogens is 416 g/mol. The maximum absolute atomic E-state index is 2.44. The molecule has 5 aromatic carbocycles. The molecule has 1 unspecified atom stereocenters. The Morgan fingerprint density at radius 3 is 2.36 bits per heavy atom. The molecule has 3 aliphatic rings. The van der Waals surface area contributed by atoms with Gasteiger partial charge in [0.05, 0.1) is 0 Å². The van der Waals surface area contributed by atoms with Gasteiger partial charge in [0.15, 0.2) is 0 Å². The van der Waals surface area contributed by atoms with Crippen LogP contribution < -0.4 is 0 Å². The fourth-order valence-corrected chi connectivity index (χ4v) is 7.21. The first-order valence-corrected chi connectivity index (χ1v) is 12.4. The summed E-state index contributed by atoms with van der Waals surface area (Å²) in [6.45, 7) is 0. The van der Waals surface area contributed by atoms with Gasteiger partial charge in [-0.25, -0.2) is 0 Å². The molecule has 0 nitrogen and oxygen atoms in total. The lowest BCUT2D eigenvalue weighted by Crippen LogP contribution is -2.17. The second kappa shape index (κ2) is 6.50. The predicted molar refractivity (Wildman–Crippen MR) is 141 cm³/mol. The molecule has 0 amide bonds. The minimum atomic E-state index is 0.403. The Morgan fingerprint density at radius 2 is 1.45 bits per heavy atom. The van der Waals surface area contributed by atoms with Crippen molar-refractivity contribution in [3.63, 3.8) is 0 Å². The van der Waals surface area contributed by atoms with Crippen molar-refractivity contribution in [2.24, 2.45) is 0 Å². The molecule has 0 spiro atoms. The van der Waals surface area contributed by atoms with Crippen molar-refractivity contribution in [1.82, 2.24) is 0 Å². The number of hydrogen-bond donors (Lipinski definition) is 0. The number of allylic oxidation sites excluding steroid dienone is 7. The van der Waals surface area contributed by atoms with Crippen molar-refractivity contribution < 1.29 is 0 Å². The Bertz CT molecular complexity index is 1740. The van der Waals surface area contributed by atoms with Gasteiger partial charge in [0, 0.05) is 15.7 Å². The molecule has 3 aliphatic carbocycles. The van der Waals surface area contributed by atoms with E-state index in [1.165, 1.54) is 69.9 Å². The van der Waals surface area contributed by atoms with Crippen molar-refractivity contribution in [1.29, 1.82) is 0 Å². The molecule has 5 aromatic rings. The van der Waals surface area contributed by atoms with E-state index in [9.17, 15) is 0 Å². The van der Waals surface area contributed by atoms with E-state index < -0.39 is 0 Å². The van der Waals surface area contributed by atoms with Crippen molar-refractivity contribution in [3.05, 3.63) is 125 Å². The van der Waals surface area contributed by atoms with E-state index in [4.69, 9.17) is 0 Å². The molecule has 0 heterocycles. The first kappa shape index (κ1) is 17.9. The van der Waals surface area contributed by atoms with E-state index in [-0.39, 0.29) is 0 Å². The fourth-order valence-electron chi connectivity index (χ4n) is 6.10. The molecule has 8 rings (SSSR count). The molecule has 0 fully saturated rings. The van der Waals surface area contributed by atoms with Gasteiger partial charge in [0.1, 0.15) is 0 Å². The molecule has 0 saturated carbocycles.